The van der Waals surface area contributed by atoms with E-state index in [9.17, 15) is 4.79 Å². The number of amides is 1. The molecule has 0 bridgehead atoms. The van der Waals surface area contributed by atoms with Crippen molar-refractivity contribution in [2.45, 2.75) is 80.6 Å². The predicted molar refractivity (Wildman–Crippen MR) is 96.6 cm³/mol. The van der Waals surface area contributed by atoms with Gasteiger partial charge in [-0.25, -0.2) is 0 Å². The Labute approximate surface area is 139 Å². The molecule has 0 saturated carbocycles. The molecule has 1 atom stereocenters. The molecule has 0 aromatic heterocycles. The first-order chi connectivity index (χ1) is 10.3. The van der Waals surface area contributed by atoms with Gasteiger partial charge >= 0.3 is 0 Å². The standard InChI is InChI=1S/C18H31NO.C2H6/c1-6-7-16-10-12-19(13-11-16)17(20)9-8-15(2)14-18(3,4)5;1-2/h15-16H,8-14H2,1-5H3;1-2H3. The van der Waals surface area contributed by atoms with Crippen molar-refractivity contribution in [3.05, 3.63) is 0 Å². The number of rotatable bonds is 4. The maximum absolute atomic E-state index is 12.2. The molecule has 22 heavy (non-hydrogen) atoms. The van der Waals surface area contributed by atoms with E-state index in [-0.39, 0.29) is 0 Å². The molecular weight excluding hydrogens is 270 g/mol. The Morgan fingerprint density at radius 1 is 1.23 bits per heavy atom. The highest BCUT2D eigenvalue weighted by Gasteiger charge is 2.22. The van der Waals surface area contributed by atoms with Gasteiger partial charge in [0.1, 0.15) is 0 Å². The largest absolute Gasteiger partial charge is 0.343 e. The van der Waals surface area contributed by atoms with E-state index in [1.54, 1.807) is 0 Å². The monoisotopic (exact) mass is 307 g/mol. The van der Waals surface area contributed by atoms with Crippen LogP contribution in [0.3, 0.4) is 0 Å². The Morgan fingerprint density at radius 3 is 2.23 bits per heavy atom. The molecule has 1 heterocycles. The van der Waals surface area contributed by atoms with E-state index in [4.69, 9.17) is 0 Å². The fourth-order valence-corrected chi connectivity index (χ4v) is 3.15. The minimum atomic E-state index is 0.341. The molecule has 128 valence electrons. The van der Waals surface area contributed by atoms with Crippen molar-refractivity contribution < 1.29 is 4.79 Å². The summed E-state index contributed by atoms with van der Waals surface area (Å²) in [6, 6.07) is 0. The molecule has 1 saturated heterocycles. The van der Waals surface area contributed by atoms with Crippen molar-refractivity contribution >= 4 is 5.91 Å². The molecule has 0 aromatic rings. The highest BCUT2D eigenvalue weighted by molar-refractivity contribution is 5.76. The summed E-state index contributed by atoms with van der Waals surface area (Å²) in [4.78, 5) is 14.3. The van der Waals surface area contributed by atoms with Crippen LogP contribution in [0.4, 0.5) is 0 Å². The van der Waals surface area contributed by atoms with Gasteiger partial charge in [-0.05, 0) is 43.9 Å². The lowest BCUT2D eigenvalue weighted by molar-refractivity contribution is -0.132. The van der Waals surface area contributed by atoms with Crippen LogP contribution >= 0.6 is 0 Å². The number of nitrogens with zero attached hydrogens (tertiary/aromatic N) is 1. The Balaban J connectivity index is 0.00000211. The second-order valence-electron chi connectivity index (χ2n) is 7.46. The average molecular weight is 308 g/mol. The number of carbonyl (C=O) groups is 1. The molecule has 1 unspecified atom stereocenters. The second-order valence-corrected chi connectivity index (χ2v) is 7.46. The lowest BCUT2D eigenvalue weighted by Gasteiger charge is -2.30. The van der Waals surface area contributed by atoms with E-state index < -0.39 is 0 Å². The van der Waals surface area contributed by atoms with Crippen molar-refractivity contribution in [2.75, 3.05) is 13.1 Å². The third kappa shape index (κ3) is 9.13. The van der Waals surface area contributed by atoms with Crippen LogP contribution in [0.15, 0.2) is 0 Å². The van der Waals surface area contributed by atoms with Gasteiger partial charge in [-0.15, -0.1) is 11.8 Å². The van der Waals surface area contributed by atoms with Crippen molar-refractivity contribution in [3.63, 3.8) is 0 Å². The number of carbonyl (C=O) groups excluding carboxylic acids is 1. The highest BCUT2D eigenvalue weighted by Crippen LogP contribution is 2.27. The van der Waals surface area contributed by atoms with Gasteiger partial charge < -0.3 is 4.90 Å². The smallest absolute Gasteiger partial charge is 0.222 e. The Hall–Kier alpha value is -0.970. The van der Waals surface area contributed by atoms with Crippen LogP contribution in [-0.2, 0) is 4.79 Å². The minimum Gasteiger partial charge on any atom is -0.343 e. The van der Waals surface area contributed by atoms with Crippen molar-refractivity contribution in [2.24, 2.45) is 17.3 Å². The first-order valence-electron chi connectivity index (χ1n) is 9.02. The lowest BCUT2D eigenvalue weighted by Crippen LogP contribution is -2.38. The molecule has 0 N–H and O–H groups in total. The normalized spacial score (nSPS) is 17.0. The zero-order chi connectivity index (χ0) is 17.2. The van der Waals surface area contributed by atoms with Crippen LogP contribution in [0.25, 0.3) is 0 Å². The summed E-state index contributed by atoms with van der Waals surface area (Å²) in [6.07, 6.45) is 5.01. The van der Waals surface area contributed by atoms with Crippen molar-refractivity contribution in [1.29, 1.82) is 0 Å². The molecule has 1 rings (SSSR count). The fourth-order valence-electron chi connectivity index (χ4n) is 3.15. The number of piperidine rings is 1. The lowest BCUT2D eigenvalue weighted by atomic mass is 9.83. The first kappa shape index (κ1) is 21.0. The van der Waals surface area contributed by atoms with Gasteiger partial charge in [0.05, 0.1) is 0 Å². The van der Waals surface area contributed by atoms with Gasteiger partial charge in [-0.3, -0.25) is 4.79 Å². The second kappa shape index (κ2) is 10.7. The summed E-state index contributed by atoms with van der Waals surface area (Å²) in [5.74, 6) is 7.69. The maximum atomic E-state index is 12.2. The molecular formula is C20H37NO. The molecule has 1 fully saturated rings. The molecule has 1 aliphatic heterocycles. The van der Waals surface area contributed by atoms with Crippen LogP contribution in [0.5, 0.6) is 0 Å². The van der Waals surface area contributed by atoms with Gasteiger partial charge in [0.25, 0.3) is 0 Å². The fraction of sp³-hybridized carbons (Fsp3) is 0.850. The van der Waals surface area contributed by atoms with Crippen LogP contribution in [0, 0.1) is 29.1 Å². The van der Waals surface area contributed by atoms with Crippen LogP contribution < -0.4 is 0 Å². The van der Waals surface area contributed by atoms with Crippen molar-refractivity contribution in [1.82, 2.24) is 4.90 Å². The summed E-state index contributed by atoms with van der Waals surface area (Å²) >= 11 is 0. The quantitative estimate of drug-likeness (QED) is 0.660. The number of likely N-dealkylation sites (tertiary alicyclic amines) is 1. The zero-order valence-corrected chi connectivity index (χ0v) is 16.0. The van der Waals surface area contributed by atoms with E-state index in [2.05, 4.69) is 39.5 Å². The predicted octanol–water partition coefficient (Wildman–Crippen LogP) is 5.13. The topological polar surface area (TPSA) is 20.3 Å². The molecule has 0 spiro atoms. The summed E-state index contributed by atoms with van der Waals surface area (Å²) in [7, 11) is 0. The van der Waals surface area contributed by atoms with E-state index in [1.807, 2.05) is 25.7 Å². The third-order valence-corrected chi connectivity index (χ3v) is 4.01. The van der Waals surface area contributed by atoms with Crippen molar-refractivity contribution in [3.8, 4) is 11.8 Å². The van der Waals surface area contributed by atoms with Crippen LogP contribution in [-0.4, -0.2) is 23.9 Å². The van der Waals surface area contributed by atoms with Gasteiger partial charge in [0.2, 0.25) is 5.91 Å². The molecule has 2 nitrogen and oxygen atoms in total. The highest BCUT2D eigenvalue weighted by atomic mass is 16.2. The Kier molecular flexibility index (Phi) is 10.2. The summed E-state index contributed by atoms with van der Waals surface area (Å²) in [5, 5.41) is 0. The minimum absolute atomic E-state index is 0.341. The van der Waals surface area contributed by atoms with Gasteiger partial charge in [0.15, 0.2) is 0 Å². The SMILES string of the molecule is CC.CC#CC1CCN(C(=O)CCC(C)CC(C)(C)C)CC1. The van der Waals surface area contributed by atoms with E-state index in [0.29, 0.717) is 29.6 Å². The summed E-state index contributed by atoms with van der Waals surface area (Å²) in [6.45, 7) is 16.8. The van der Waals surface area contributed by atoms with Crippen LogP contribution in [0.1, 0.15) is 80.6 Å². The maximum Gasteiger partial charge on any atom is 0.222 e. The molecule has 0 aliphatic carbocycles. The van der Waals surface area contributed by atoms with Gasteiger partial charge in [0, 0.05) is 25.4 Å². The van der Waals surface area contributed by atoms with E-state index in [0.717, 1.165) is 32.4 Å². The zero-order valence-electron chi connectivity index (χ0n) is 16.0. The average Bonchev–Trinajstić information content (AvgIpc) is 2.46. The van der Waals surface area contributed by atoms with E-state index >= 15 is 0 Å². The van der Waals surface area contributed by atoms with E-state index in [1.165, 1.54) is 6.42 Å². The molecule has 0 radical (unpaired) electrons. The molecule has 1 aliphatic rings. The Bertz CT molecular complexity index is 361. The molecule has 2 heteroatoms. The third-order valence-electron chi connectivity index (χ3n) is 4.01. The first-order valence-corrected chi connectivity index (χ1v) is 9.02. The number of hydrogen-bond acceptors (Lipinski definition) is 1. The summed E-state index contributed by atoms with van der Waals surface area (Å²) < 4.78 is 0. The molecule has 1 amide bonds. The van der Waals surface area contributed by atoms with Gasteiger partial charge in [-0.2, -0.15) is 0 Å². The number of hydrogen-bond donors (Lipinski definition) is 0. The molecule has 0 aromatic carbocycles. The van der Waals surface area contributed by atoms with Gasteiger partial charge in [-0.1, -0.05) is 41.5 Å². The summed E-state index contributed by atoms with van der Waals surface area (Å²) in [5.41, 5.74) is 0.361. The Morgan fingerprint density at radius 2 is 1.77 bits per heavy atom. The van der Waals surface area contributed by atoms with Crippen LogP contribution in [0.2, 0.25) is 0 Å².